The molecular formula is C18H25N3O2. The van der Waals surface area contributed by atoms with Crippen LogP contribution in [0.5, 0.6) is 0 Å². The number of carbonyl (C=O) groups excluding carboxylic acids is 1. The van der Waals surface area contributed by atoms with Gasteiger partial charge in [-0.1, -0.05) is 19.1 Å². The molecule has 1 saturated heterocycles. The van der Waals surface area contributed by atoms with Crippen molar-refractivity contribution in [3.05, 3.63) is 30.1 Å². The molecule has 1 aliphatic heterocycles. The van der Waals surface area contributed by atoms with Crippen LogP contribution < -0.4 is 0 Å². The number of aliphatic hydroxyl groups excluding tert-OH is 1. The largest absolute Gasteiger partial charge is 0.396 e. The van der Waals surface area contributed by atoms with Gasteiger partial charge in [0.15, 0.2) is 0 Å². The number of likely N-dealkylation sites (tertiary alicyclic amines) is 1. The van der Waals surface area contributed by atoms with Crippen LogP contribution in [-0.4, -0.2) is 45.2 Å². The summed E-state index contributed by atoms with van der Waals surface area (Å²) in [6.45, 7) is 4.45. The molecule has 1 aliphatic rings. The molecule has 3 rings (SSSR count). The topological polar surface area (TPSA) is 58.4 Å². The second-order valence-corrected chi connectivity index (χ2v) is 6.49. The summed E-state index contributed by atoms with van der Waals surface area (Å²) >= 11 is 0. The average Bonchev–Trinajstić information content (AvgIpc) is 2.91. The Hall–Kier alpha value is -1.88. The lowest BCUT2D eigenvalue weighted by atomic mass is 9.99. The molecule has 0 radical (unpaired) electrons. The van der Waals surface area contributed by atoms with Gasteiger partial charge in [-0.25, -0.2) is 4.98 Å². The highest BCUT2D eigenvalue weighted by atomic mass is 16.3. The Morgan fingerprint density at radius 3 is 2.78 bits per heavy atom. The summed E-state index contributed by atoms with van der Waals surface area (Å²) in [7, 11) is 0. The molecule has 1 N–H and O–H groups in total. The van der Waals surface area contributed by atoms with Gasteiger partial charge in [0.05, 0.1) is 11.0 Å². The molecule has 5 heteroatoms. The first-order valence-electron chi connectivity index (χ1n) is 8.52. The van der Waals surface area contributed by atoms with Crippen LogP contribution in [0.2, 0.25) is 0 Å². The smallest absolute Gasteiger partial charge is 0.242 e. The van der Waals surface area contributed by atoms with Crippen LogP contribution in [0.1, 0.15) is 32.0 Å². The molecule has 0 atom stereocenters. The molecule has 5 nitrogen and oxygen atoms in total. The third-order valence-corrected chi connectivity index (χ3v) is 4.72. The molecule has 0 spiro atoms. The first kappa shape index (κ1) is 16.0. The Balaban J connectivity index is 1.81. The van der Waals surface area contributed by atoms with Gasteiger partial charge in [-0.3, -0.25) is 4.79 Å². The van der Waals surface area contributed by atoms with Crippen molar-refractivity contribution >= 4 is 16.9 Å². The third kappa shape index (κ3) is 3.55. The van der Waals surface area contributed by atoms with Crippen LogP contribution in [0.15, 0.2) is 24.3 Å². The van der Waals surface area contributed by atoms with Crippen LogP contribution in [0.25, 0.3) is 11.0 Å². The number of carbonyl (C=O) groups is 1. The first-order valence-corrected chi connectivity index (χ1v) is 8.52. The number of hydrogen-bond donors (Lipinski definition) is 1. The van der Waals surface area contributed by atoms with Crippen molar-refractivity contribution in [1.82, 2.24) is 14.5 Å². The predicted molar refractivity (Wildman–Crippen MR) is 90.1 cm³/mol. The molecule has 23 heavy (non-hydrogen) atoms. The van der Waals surface area contributed by atoms with E-state index in [1.807, 2.05) is 33.7 Å². The highest BCUT2D eigenvalue weighted by Crippen LogP contribution is 2.20. The molecule has 1 aromatic carbocycles. The summed E-state index contributed by atoms with van der Waals surface area (Å²) in [6, 6.07) is 7.92. The summed E-state index contributed by atoms with van der Waals surface area (Å²) in [5.74, 6) is 1.78. The molecule has 0 bridgehead atoms. The lowest BCUT2D eigenvalue weighted by Gasteiger charge is -2.30. The van der Waals surface area contributed by atoms with Crippen molar-refractivity contribution in [3.63, 3.8) is 0 Å². The molecule has 1 aromatic heterocycles. The molecule has 0 aliphatic carbocycles. The van der Waals surface area contributed by atoms with E-state index in [0.717, 1.165) is 42.8 Å². The van der Waals surface area contributed by atoms with Crippen molar-refractivity contribution in [2.45, 2.75) is 39.2 Å². The number of aryl methyl sites for hydroxylation is 1. The number of amides is 1. The van der Waals surface area contributed by atoms with E-state index in [0.29, 0.717) is 25.3 Å². The van der Waals surface area contributed by atoms with Gasteiger partial charge in [-0.15, -0.1) is 0 Å². The number of para-hydroxylation sites is 2. The number of piperidine rings is 1. The Labute approximate surface area is 136 Å². The maximum Gasteiger partial charge on any atom is 0.242 e. The summed E-state index contributed by atoms with van der Waals surface area (Å²) in [5, 5.41) is 9.09. The van der Waals surface area contributed by atoms with Crippen molar-refractivity contribution < 1.29 is 9.90 Å². The number of aliphatic hydroxyl groups is 1. The van der Waals surface area contributed by atoms with E-state index in [2.05, 4.69) is 11.9 Å². The van der Waals surface area contributed by atoms with Gasteiger partial charge in [0.2, 0.25) is 5.91 Å². The van der Waals surface area contributed by atoms with E-state index < -0.39 is 0 Å². The zero-order valence-electron chi connectivity index (χ0n) is 13.7. The van der Waals surface area contributed by atoms with Gasteiger partial charge in [0, 0.05) is 26.1 Å². The van der Waals surface area contributed by atoms with Crippen molar-refractivity contribution in [3.8, 4) is 0 Å². The van der Waals surface area contributed by atoms with Crippen molar-refractivity contribution in [2.24, 2.45) is 5.92 Å². The lowest BCUT2D eigenvalue weighted by molar-refractivity contribution is -0.133. The molecular weight excluding hydrogens is 290 g/mol. The Bertz CT molecular complexity index is 672. The number of benzene rings is 1. The summed E-state index contributed by atoms with van der Waals surface area (Å²) in [4.78, 5) is 19.3. The number of imidazole rings is 1. The standard InChI is InChI=1S/C18H25N3O2/c1-14-8-10-20(11-9-14)18(23)13-21-16-6-3-2-5-15(16)19-17(21)7-4-12-22/h2-3,5-6,14,22H,4,7-13H2,1H3. The van der Waals surface area contributed by atoms with E-state index in [9.17, 15) is 4.79 Å². The number of hydrogen-bond acceptors (Lipinski definition) is 3. The molecule has 0 saturated carbocycles. The fourth-order valence-corrected chi connectivity index (χ4v) is 3.22. The monoisotopic (exact) mass is 315 g/mol. The molecule has 124 valence electrons. The zero-order chi connectivity index (χ0) is 16.2. The van der Waals surface area contributed by atoms with E-state index in [1.165, 1.54) is 0 Å². The van der Waals surface area contributed by atoms with Gasteiger partial charge in [-0.2, -0.15) is 0 Å². The third-order valence-electron chi connectivity index (χ3n) is 4.72. The number of fused-ring (bicyclic) bond motifs is 1. The van der Waals surface area contributed by atoms with E-state index in [1.54, 1.807) is 0 Å². The van der Waals surface area contributed by atoms with Crippen molar-refractivity contribution in [1.29, 1.82) is 0 Å². The zero-order valence-corrected chi connectivity index (χ0v) is 13.7. The molecule has 1 fully saturated rings. The molecule has 2 heterocycles. The Morgan fingerprint density at radius 2 is 2.04 bits per heavy atom. The number of aromatic nitrogens is 2. The number of rotatable bonds is 5. The van der Waals surface area contributed by atoms with Crippen LogP contribution in [0, 0.1) is 5.92 Å². The van der Waals surface area contributed by atoms with Crippen molar-refractivity contribution in [2.75, 3.05) is 19.7 Å². The first-order chi connectivity index (χ1) is 11.2. The predicted octanol–water partition coefficient (Wildman–Crippen LogP) is 2.22. The molecule has 2 aromatic rings. The highest BCUT2D eigenvalue weighted by molar-refractivity contribution is 5.81. The van der Waals surface area contributed by atoms with Crippen LogP contribution in [0.3, 0.4) is 0 Å². The van der Waals surface area contributed by atoms with Gasteiger partial charge in [-0.05, 0) is 37.3 Å². The fourth-order valence-electron chi connectivity index (χ4n) is 3.22. The van der Waals surface area contributed by atoms with E-state index in [4.69, 9.17) is 5.11 Å². The minimum Gasteiger partial charge on any atom is -0.396 e. The molecule has 1 amide bonds. The van der Waals surface area contributed by atoms with Gasteiger partial charge in [0.1, 0.15) is 12.4 Å². The van der Waals surface area contributed by atoms with E-state index >= 15 is 0 Å². The quantitative estimate of drug-likeness (QED) is 0.920. The Morgan fingerprint density at radius 1 is 1.30 bits per heavy atom. The SMILES string of the molecule is CC1CCN(C(=O)Cn2c(CCCO)nc3ccccc32)CC1. The summed E-state index contributed by atoms with van der Waals surface area (Å²) in [5.41, 5.74) is 1.92. The van der Waals surface area contributed by atoms with Crippen LogP contribution in [0.4, 0.5) is 0 Å². The normalized spacial score (nSPS) is 16.2. The lowest BCUT2D eigenvalue weighted by Crippen LogP contribution is -2.39. The maximum atomic E-state index is 12.7. The highest BCUT2D eigenvalue weighted by Gasteiger charge is 2.22. The van der Waals surface area contributed by atoms with Crippen LogP contribution in [-0.2, 0) is 17.8 Å². The minimum atomic E-state index is 0.140. The Kier molecular flexibility index (Phi) is 4.96. The average molecular weight is 315 g/mol. The summed E-state index contributed by atoms with van der Waals surface area (Å²) < 4.78 is 2.02. The van der Waals surface area contributed by atoms with Gasteiger partial charge < -0.3 is 14.6 Å². The minimum absolute atomic E-state index is 0.140. The fraction of sp³-hybridized carbons (Fsp3) is 0.556. The van der Waals surface area contributed by atoms with Gasteiger partial charge in [0.25, 0.3) is 0 Å². The second kappa shape index (κ2) is 7.13. The molecule has 0 unspecified atom stereocenters. The number of nitrogens with zero attached hydrogens (tertiary/aromatic N) is 3. The second-order valence-electron chi connectivity index (χ2n) is 6.49. The summed E-state index contributed by atoms with van der Waals surface area (Å²) in [6.07, 6.45) is 3.54. The van der Waals surface area contributed by atoms with E-state index in [-0.39, 0.29) is 12.5 Å². The van der Waals surface area contributed by atoms with Crippen LogP contribution >= 0.6 is 0 Å². The van der Waals surface area contributed by atoms with Gasteiger partial charge >= 0.3 is 0 Å². The maximum absolute atomic E-state index is 12.7.